The maximum Gasteiger partial charge on any atom is 0.373 e. The molecule has 0 spiro atoms. The molecule has 0 saturated carbocycles. The van der Waals surface area contributed by atoms with Gasteiger partial charge < -0.3 is 13.9 Å². The zero-order valence-corrected chi connectivity index (χ0v) is 17.0. The van der Waals surface area contributed by atoms with E-state index in [4.69, 9.17) is 13.9 Å². The standard InChI is InChI=1S/C23H22N2O5/c1-16-9-11-19(12-10-16)23(30-17(2)26,21-14-13-20(29-21)22(27)28-3)25-24-15-18-7-5-4-6-8-18/h4-14H,15H2,1-3H3. The van der Waals surface area contributed by atoms with Crippen LogP contribution in [0.3, 0.4) is 0 Å². The number of ether oxygens (including phenoxy) is 2. The molecule has 3 rings (SSSR count). The molecule has 0 fully saturated rings. The molecule has 0 aliphatic rings. The van der Waals surface area contributed by atoms with Gasteiger partial charge in [0, 0.05) is 12.5 Å². The number of esters is 2. The second-order valence-electron chi connectivity index (χ2n) is 6.64. The molecule has 0 radical (unpaired) electrons. The largest absolute Gasteiger partial charge is 0.463 e. The van der Waals surface area contributed by atoms with Gasteiger partial charge in [0.15, 0.2) is 5.76 Å². The van der Waals surface area contributed by atoms with Crippen molar-refractivity contribution in [1.82, 2.24) is 0 Å². The fourth-order valence-corrected chi connectivity index (χ4v) is 2.90. The first-order valence-electron chi connectivity index (χ1n) is 9.32. The molecule has 1 aromatic heterocycles. The number of furan rings is 1. The molecule has 0 aliphatic heterocycles. The highest BCUT2D eigenvalue weighted by molar-refractivity contribution is 5.86. The zero-order valence-electron chi connectivity index (χ0n) is 17.0. The van der Waals surface area contributed by atoms with E-state index in [1.165, 1.54) is 26.2 Å². The number of carbonyl (C=O) groups excluding carboxylic acids is 2. The van der Waals surface area contributed by atoms with Crippen molar-refractivity contribution in [2.75, 3.05) is 7.11 Å². The predicted molar refractivity (Wildman–Crippen MR) is 109 cm³/mol. The molecular weight excluding hydrogens is 384 g/mol. The summed E-state index contributed by atoms with van der Waals surface area (Å²) in [5, 5.41) is 8.68. The first-order valence-corrected chi connectivity index (χ1v) is 9.32. The summed E-state index contributed by atoms with van der Waals surface area (Å²) in [4.78, 5) is 23.9. The molecule has 1 atom stereocenters. The number of rotatable bonds is 7. The molecule has 2 aromatic carbocycles. The molecule has 3 aromatic rings. The second kappa shape index (κ2) is 9.17. The average molecular weight is 406 g/mol. The van der Waals surface area contributed by atoms with Gasteiger partial charge in [-0.3, -0.25) is 4.79 Å². The Hall–Kier alpha value is -3.74. The number of nitrogens with zero attached hydrogens (tertiary/aromatic N) is 2. The van der Waals surface area contributed by atoms with Crippen molar-refractivity contribution in [3.05, 3.63) is 94.9 Å². The highest BCUT2D eigenvalue weighted by atomic mass is 16.6. The summed E-state index contributed by atoms with van der Waals surface area (Å²) >= 11 is 0. The van der Waals surface area contributed by atoms with Crippen LogP contribution in [0.5, 0.6) is 0 Å². The molecule has 0 aliphatic carbocycles. The Morgan fingerprint density at radius 2 is 1.70 bits per heavy atom. The van der Waals surface area contributed by atoms with Crippen LogP contribution in [0, 0.1) is 6.92 Å². The summed E-state index contributed by atoms with van der Waals surface area (Å²) in [6.45, 7) is 3.50. The molecule has 1 unspecified atom stereocenters. The quantitative estimate of drug-likeness (QED) is 0.416. The number of hydrogen-bond donors (Lipinski definition) is 0. The maximum atomic E-state index is 12.0. The Morgan fingerprint density at radius 3 is 2.33 bits per heavy atom. The number of aryl methyl sites for hydroxylation is 1. The fourth-order valence-electron chi connectivity index (χ4n) is 2.90. The van der Waals surface area contributed by atoms with E-state index in [-0.39, 0.29) is 18.1 Å². The van der Waals surface area contributed by atoms with E-state index in [1.54, 1.807) is 12.1 Å². The number of methoxy groups -OCH3 is 1. The first-order chi connectivity index (χ1) is 14.4. The maximum absolute atomic E-state index is 12.0. The van der Waals surface area contributed by atoms with Crippen molar-refractivity contribution in [2.24, 2.45) is 10.2 Å². The number of hydrogen-bond acceptors (Lipinski definition) is 7. The highest BCUT2D eigenvalue weighted by Crippen LogP contribution is 2.37. The van der Waals surface area contributed by atoms with Gasteiger partial charge >= 0.3 is 17.7 Å². The predicted octanol–water partition coefficient (Wildman–Crippen LogP) is 4.79. The van der Waals surface area contributed by atoms with Crippen LogP contribution >= 0.6 is 0 Å². The van der Waals surface area contributed by atoms with Crippen LogP contribution in [0.1, 0.15) is 39.9 Å². The number of benzene rings is 2. The van der Waals surface area contributed by atoms with E-state index in [0.29, 0.717) is 5.56 Å². The molecular formula is C23H22N2O5. The molecule has 7 nitrogen and oxygen atoms in total. The van der Waals surface area contributed by atoms with E-state index in [0.717, 1.165) is 11.1 Å². The van der Waals surface area contributed by atoms with E-state index >= 15 is 0 Å². The highest BCUT2D eigenvalue weighted by Gasteiger charge is 2.42. The summed E-state index contributed by atoms with van der Waals surface area (Å²) in [5.74, 6) is -1.12. The normalized spacial score (nSPS) is 13.0. The number of azo groups is 1. The fraction of sp³-hybridized carbons (Fsp3) is 0.217. The zero-order chi connectivity index (χ0) is 21.6. The second-order valence-corrected chi connectivity index (χ2v) is 6.64. The summed E-state index contributed by atoms with van der Waals surface area (Å²) in [7, 11) is 1.25. The van der Waals surface area contributed by atoms with Crippen LogP contribution in [0.25, 0.3) is 0 Å². The summed E-state index contributed by atoms with van der Waals surface area (Å²) in [6.07, 6.45) is 0. The molecule has 0 saturated heterocycles. The molecule has 0 bridgehead atoms. The minimum Gasteiger partial charge on any atom is -0.463 e. The lowest BCUT2D eigenvalue weighted by atomic mass is 9.99. The van der Waals surface area contributed by atoms with E-state index in [2.05, 4.69) is 10.2 Å². The third-order valence-electron chi connectivity index (χ3n) is 4.37. The van der Waals surface area contributed by atoms with Gasteiger partial charge in [-0.1, -0.05) is 60.2 Å². The summed E-state index contributed by atoms with van der Waals surface area (Å²) < 4.78 is 16.1. The van der Waals surface area contributed by atoms with Crippen LogP contribution in [0.4, 0.5) is 0 Å². The van der Waals surface area contributed by atoms with Gasteiger partial charge in [0.2, 0.25) is 5.76 Å². The van der Waals surface area contributed by atoms with Gasteiger partial charge in [-0.2, -0.15) is 5.11 Å². The van der Waals surface area contributed by atoms with Crippen molar-refractivity contribution in [3.63, 3.8) is 0 Å². The lowest BCUT2D eigenvalue weighted by Crippen LogP contribution is -2.30. The van der Waals surface area contributed by atoms with Gasteiger partial charge in [0.25, 0.3) is 0 Å². The Morgan fingerprint density at radius 1 is 1.00 bits per heavy atom. The van der Waals surface area contributed by atoms with E-state index in [9.17, 15) is 9.59 Å². The van der Waals surface area contributed by atoms with E-state index in [1.807, 2.05) is 49.4 Å². The van der Waals surface area contributed by atoms with Crippen molar-refractivity contribution >= 4 is 11.9 Å². The smallest absolute Gasteiger partial charge is 0.373 e. The number of carbonyl (C=O) groups is 2. The van der Waals surface area contributed by atoms with E-state index < -0.39 is 17.7 Å². The summed E-state index contributed by atoms with van der Waals surface area (Å²) in [5.41, 5.74) is 0.814. The lowest BCUT2D eigenvalue weighted by Gasteiger charge is -2.26. The third-order valence-corrected chi connectivity index (χ3v) is 4.37. The Kier molecular flexibility index (Phi) is 6.41. The van der Waals surface area contributed by atoms with Crippen molar-refractivity contribution < 1.29 is 23.5 Å². The van der Waals surface area contributed by atoms with Crippen LogP contribution < -0.4 is 0 Å². The Balaban J connectivity index is 2.10. The minimum atomic E-state index is -1.68. The Bertz CT molecular complexity index is 1040. The molecule has 30 heavy (non-hydrogen) atoms. The molecule has 7 heteroatoms. The topological polar surface area (TPSA) is 90.5 Å². The molecule has 1 heterocycles. The third kappa shape index (κ3) is 4.63. The minimum absolute atomic E-state index is 0.0330. The van der Waals surface area contributed by atoms with Crippen LogP contribution in [0.2, 0.25) is 0 Å². The Labute approximate surface area is 174 Å². The van der Waals surface area contributed by atoms with Crippen molar-refractivity contribution in [2.45, 2.75) is 26.1 Å². The van der Waals surface area contributed by atoms with Gasteiger partial charge in [0.05, 0.1) is 13.7 Å². The van der Waals surface area contributed by atoms with Gasteiger partial charge in [-0.05, 0) is 24.6 Å². The summed E-state index contributed by atoms with van der Waals surface area (Å²) in [6, 6.07) is 19.8. The van der Waals surface area contributed by atoms with Gasteiger partial charge in [-0.25, -0.2) is 4.79 Å². The van der Waals surface area contributed by atoms with Crippen LogP contribution in [-0.4, -0.2) is 19.0 Å². The SMILES string of the molecule is COC(=O)c1ccc(C(N=NCc2ccccc2)(OC(C)=O)c2ccc(C)cc2)o1. The average Bonchev–Trinajstić information content (AvgIpc) is 3.24. The van der Waals surface area contributed by atoms with Crippen molar-refractivity contribution in [3.8, 4) is 0 Å². The lowest BCUT2D eigenvalue weighted by molar-refractivity contribution is -0.155. The van der Waals surface area contributed by atoms with Gasteiger partial charge in [0.1, 0.15) is 0 Å². The van der Waals surface area contributed by atoms with Crippen molar-refractivity contribution in [1.29, 1.82) is 0 Å². The monoisotopic (exact) mass is 406 g/mol. The first kappa shape index (κ1) is 21.0. The molecule has 154 valence electrons. The van der Waals surface area contributed by atoms with Crippen LogP contribution in [0.15, 0.2) is 81.4 Å². The van der Waals surface area contributed by atoms with Crippen LogP contribution in [-0.2, 0) is 26.5 Å². The van der Waals surface area contributed by atoms with Gasteiger partial charge in [-0.15, -0.1) is 5.11 Å². The molecule has 0 amide bonds. The molecule has 0 N–H and O–H groups in total.